The summed E-state index contributed by atoms with van der Waals surface area (Å²) in [4.78, 5) is 13.0. The number of nitrogens with one attached hydrogen (secondary N) is 2. The van der Waals surface area contributed by atoms with Crippen LogP contribution in [0.2, 0.25) is 0 Å². The molecule has 33 heavy (non-hydrogen) atoms. The second kappa shape index (κ2) is 12.3. The Morgan fingerprint density at radius 3 is 2.42 bits per heavy atom. The first kappa shape index (κ1) is 26.2. The standard InChI is InChI=1S/C25H32N2O5S/c1-6-8-11-16-32-22-15-14-19(17-23(22)31-5)20-12-9-10-13-21(20)26-25(28)24(18(3)4)27-33(29,30)7-2/h9-10,12-15,17-18,24,27H,6-7,16H2,1-5H3,(H,26,28)/t24-/m0/s1. The Morgan fingerprint density at radius 2 is 1.79 bits per heavy atom. The molecule has 0 heterocycles. The van der Waals surface area contributed by atoms with Gasteiger partial charge in [-0.25, -0.2) is 13.1 Å². The molecule has 2 rings (SSSR count). The van der Waals surface area contributed by atoms with E-state index >= 15 is 0 Å². The van der Waals surface area contributed by atoms with Crippen LogP contribution in [0.1, 0.15) is 34.1 Å². The van der Waals surface area contributed by atoms with Crippen molar-refractivity contribution in [2.24, 2.45) is 5.92 Å². The average Bonchev–Trinajstić information content (AvgIpc) is 2.80. The highest BCUT2D eigenvalue weighted by atomic mass is 32.2. The minimum Gasteiger partial charge on any atom is -0.493 e. The maximum Gasteiger partial charge on any atom is 0.242 e. The molecule has 1 atom stereocenters. The van der Waals surface area contributed by atoms with Crippen molar-refractivity contribution in [2.45, 2.75) is 40.2 Å². The molecule has 0 spiro atoms. The smallest absolute Gasteiger partial charge is 0.242 e. The van der Waals surface area contributed by atoms with Crippen molar-refractivity contribution in [3.05, 3.63) is 42.5 Å². The summed E-state index contributed by atoms with van der Waals surface area (Å²) in [6.07, 6.45) is 0.763. The average molecular weight is 473 g/mol. The highest BCUT2D eigenvalue weighted by molar-refractivity contribution is 7.89. The highest BCUT2D eigenvalue weighted by Gasteiger charge is 2.27. The number of benzene rings is 2. The molecule has 0 aromatic heterocycles. The fourth-order valence-electron chi connectivity index (χ4n) is 3.07. The molecule has 0 aliphatic rings. The Hall–Kier alpha value is -3.02. The third-order valence-electron chi connectivity index (χ3n) is 4.90. The van der Waals surface area contributed by atoms with Crippen LogP contribution in [-0.4, -0.2) is 39.8 Å². The minimum atomic E-state index is -3.54. The van der Waals surface area contributed by atoms with Crippen molar-refractivity contribution in [3.8, 4) is 34.5 Å². The molecule has 178 valence electrons. The largest absolute Gasteiger partial charge is 0.493 e. The van der Waals surface area contributed by atoms with Gasteiger partial charge in [-0.3, -0.25) is 4.79 Å². The van der Waals surface area contributed by atoms with Crippen LogP contribution in [0.3, 0.4) is 0 Å². The van der Waals surface area contributed by atoms with Gasteiger partial charge in [-0.15, -0.1) is 5.92 Å². The topological polar surface area (TPSA) is 93.7 Å². The number of carbonyl (C=O) groups is 1. The summed E-state index contributed by atoms with van der Waals surface area (Å²) in [6, 6.07) is 11.9. The molecule has 0 aliphatic carbocycles. The zero-order valence-electron chi connectivity index (χ0n) is 19.8. The summed E-state index contributed by atoms with van der Waals surface area (Å²) < 4.78 is 37.8. The first-order valence-corrected chi connectivity index (χ1v) is 12.5. The molecule has 7 nitrogen and oxygen atoms in total. The summed E-state index contributed by atoms with van der Waals surface area (Å²) in [5, 5.41) is 2.88. The van der Waals surface area contributed by atoms with E-state index in [9.17, 15) is 13.2 Å². The minimum absolute atomic E-state index is 0.0989. The summed E-state index contributed by atoms with van der Waals surface area (Å²) in [5.74, 6) is 6.25. The molecule has 8 heteroatoms. The van der Waals surface area contributed by atoms with Crippen LogP contribution in [0.4, 0.5) is 5.69 Å². The van der Waals surface area contributed by atoms with Crippen molar-refractivity contribution < 1.29 is 22.7 Å². The fraction of sp³-hybridized carbons (Fsp3) is 0.400. The predicted octanol–water partition coefficient (Wildman–Crippen LogP) is 4.06. The zero-order chi connectivity index (χ0) is 24.4. The molecule has 0 unspecified atom stereocenters. The molecule has 2 aromatic carbocycles. The Balaban J connectivity index is 2.32. The van der Waals surface area contributed by atoms with Gasteiger partial charge in [-0.05, 0) is 36.6 Å². The number of methoxy groups -OCH3 is 1. The maximum absolute atomic E-state index is 13.0. The molecule has 0 bridgehead atoms. The van der Waals surface area contributed by atoms with E-state index in [4.69, 9.17) is 9.47 Å². The number of sulfonamides is 1. The van der Waals surface area contributed by atoms with Gasteiger partial charge < -0.3 is 14.8 Å². The fourth-order valence-corrected chi connectivity index (χ4v) is 4.00. The van der Waals surface area contributed by atoms with Crippen molar-refractivity contribution in [1.29, 1.82) is 0 Å². The zero-order valence-corrected chi connectivity index (χ0v) is 20.6. The van der Waals surface area contributed by atoms with Crippen LogP contribution in [0.5, 0.6) is 11.5 Å². The van der Waals surface area contributed by atoms with Gasteiger partial charge >= 0.3 is 0 Å². The van der Waals surface area contributed by atoms with E-state index in [1.54, 1.807) is 39.2 Å². The number of amides is 1. The number of rotatable bonds is 10. The monoisotopic (exact) mass is 472 g/mol. The van der Waals surface area contributed by atoms with Gasteiger partial charge in [0.25, 0.3) is 0 Å². The highest BCUT2D eigenvalue weighted by Crippen LogP contribution is 2.35. The molecule has 2 N–H and O–H groups in total. The SMILES string of the molecule is CCC#CCOc1ccc(-c2ccccc2NC(=O)[C@@H](NS(=O)(=O)CC)C(C)C)cc1OC. The van der Waals surface area contributed by atoms with Crippen molar-refractivity contribution in [1.82, 2.24) is 4.72 Å². The number of carbonyl (C=O) groups excluding carboxylic acids is 1. The number of hydrogen-bond donors (Lipinski definition) is 2. The molecule has 0 radical (unpaired) electrons. The van der Waals surface area contributed by atoms with E-state index in [2.05, 4.69) is 21.9 Å². The number of para-hydroxylation sites is 1. The lowest BCUT2D eigenvalue weighted by Crippen LogP contribution is -2.47. The van der Waals surface area contributed by atoms with Crippen LogP contribution >= 0.6 is 0 Å². The van der Waals surface area contributed by atoms with Crippen LogP contribution in [0, 0.1) is 17.8 Å². The Labute approximate surface area is 196 Å². The van der Waals surface area contributed by atoms with Gasteiger partial charge in [0.15, 0.2) is 11.5 Å². The van der Waals surface area contributed by atoms with E-state index in [0.29, 0.717) is 17.2 Å². The molecule has 1 amide bonds. The molecule has 0 saturated carbocycles. The van der Waals surface area contributed by atoms with Gasteiger partial charge in [0, 0.05) is 17.7 Å². The molecule has 0 fully saturated rings. The van der Waals surface area contributed by atoms with Gasteiger partial charge in [-0.1, -0.05) is 51.0 Å². The second-order valence-electron chi connectivity index (χ2n) is 7.64. The molecule has 0 aliphatic heterocycles. The van der Waals surface area contributed by atoms with Crippen molar-refractivity contribution >= 4 is 21.6 Å². The van der Waals surface area contributed by atoms with Gasteiger partial charge in [-0.2, -0.15) is 0 Å². The summed E-state index contributed by atoms with van der Waals surface area (Å²) in [5.41, 5.74) is 2.14. The van der Waals surface area contributed by atoms with Crippen LogP contribution < -0.4 is 19.5 Å². The Morgan fingerprint density at radius 1 is 1.06 bits per heavy atom. The molecule has 0 saturated heterocycles. The lowest BCUT2D eigenvalue weighted by molar-refractivity contribution is -0.118. The maximum atomic E-state index is 13.0. The third-order valence-corrected chi connectivity index (χ3v) is 6.27. The number of anilines is 1. The normalized spacial score (nSPS) is 11.9. The van der Waals surface area contributed by atoms with Crippen LogP contribution in [-0.2, 0) is 14.8 Å². The summed E-state index contributed by atoms with van der Waals surface area (Å²) in [6.45, 7) is 7.36. The number of ether oxygens (including phenoxy) is 2. The molecular formula is C25H32N2O5S. The lowest BCUT2D eigenvalue weighted by Gasteiger charge is -2.22. The van der Waals surface area contributed by atoms with Crippen molar-refractivity contribution in [2.75, 3.05) is 24.8 Å². The van der Waals surface area contributed by atoms with E-state index in [1.807, 2.05) is 31.2 Å². The first-order valence-electron chi connectivity index (χ1n) is 10.9. The first-order chi connectivity index (χ1) is 15.7. The van der Waals surface area contributed by atoms with Crippen molar-refractivity contribution in [3.63, 3.8) is 0 Å². The molecular weight excluding hydrogens is 440 g/mol. The summed E-state index contributed by atoms with van der Waals surface area (Å²) in [7, 11) is -1.98. The third kappa shape index (κ3) is 7.52. The molecule has 2 aromatic rings. The Kier molecular flexibility index (Phi) is 9.76. The van der Waals surface area contributed by atoms with E-state index in [-0.39, 0.29) is 18.3 Å². The predicted molar refractivity (Wildman–Crippen MR) is 132 cm³/mol. The van der Waals surface area contributed by atoms with Gasteiger partial charge in [0.05, 0.1) is 12.9 Å². The second-order valence-corrected chi connectivity index (χ2v) is 9.68. The van der Waals surface area contributed by atoms with E-state index < -0.39 is 22.0 Å². The Bertz CT molecular complexity index is 1120. The summed E-state index contributed by atoms with van der Waals surface area (Å²) >= 11 is 0. The van der Waals surface area contributed by atoms with Crippen LogP contribution in [0.15, 0.2) is 42.5 Å². The number of hydrogen-bond acceptors (Lipinski definition) is 5. The van der Waals surface area contributed by atoms with E-state index in [0.717, 1.165) is 17.5 Å². The quantitative estimate of drug-likeness (QED) is 0.509. The lowest BCUT2D eigenvalue weighted by atomic mass is 10.0. The van der Waals surface area contributed by atoms with Crippen LogP contribution in [0.25, 0.3) is 11.1 Å². The van der Waals surface area contributed by atoms with E-state index in [1.165, 1.54) is 6.92 Å². The van der Waals surface area contributed by atoms with Gasteiger partial charge in [0.2, 0.25) is 15.9 Å². The van der Waals surface area contributed by atoms with Gasteiger partial charge in [0.1, 0.15) is 12.6 Å².